The predicted molar refractivity (Wildman–Crippen MR) is 82.4 cm³/mol. The number of hydrogen-bond donors (Lipinski definition) is 2. The molecule has 0 bridgehead atoms. The van der Waals surface area contributed by atoms with E-state index >= 15 is 0 Å². The van der Waals surface area contributed by atoms with E-state index in [-0.39, 0.29) is 5.91 Å². The number of nitrogens with zero attached hydrogens (tertiary/aromatic N) is 1. The lowest BCUT2D eigenvalue weighted by atomic mass is 9.96. The Labute approximate surface area is 127 Å². The van der Waals surface area contributed by atoms with E-state index < -0.39 is 0 Å². The molecule has 1 atom stereocenters. The molecule has 1 saturated heterocycles. The molecule has 1 aliphatic heterocycles. The van der Waals surface area contributed by atoms with Gasteiger partial charge in [-0.3, -0.25) is 4.79 Å². The fourth-order valence-corrected chi connectivity index (χ4v) is 3.33. The Balaban J connectivity index is 1.49. The zero-order valence-corrected chi connectivity index (χ0v) is 12.6. The first kappa shape index (κ1) is 14.3. The molecule has 3 rings (SSSR count). The summed E-state index contributed by atoms with van der Waals surface area (Å²) in [7, 11) is 0. The van der Waals surface area contributed by atoms with Crippen molar-refractivity contribution in [3.8, 4) is 10.6 Å². The van der Waals surface area contributed by atoms with Crippen LogP contribution in [0.3, 0.4) is 0 Å². The van der Waals surface area contributed by atoms with Crippen LogP contribution in [0, 0.1) is 5.92 Å². The second-order valence-electron chi connectivity index (χ2n) is 5.31. The van der Waals surface area contributed by atoms with Gasteiger partial charge < -0.3 is 15.1 Å². The number of piperidine rings is 1. The van der Waals surface area contributed by atoms with Crippen molar-refractivity contribution in [3.05, 3.63) is 29.7 Å². The highest BCUT2D eigenvalue weighted by Crippen LogP contribution is 2.23. The number of aromatic nitrogens is 1. The van der Waals surface area contributed by atoms with Gasteiger partial charge in [0, 0.05) is 17.5 Å². The van der Waals surface area contributed by atoms with Gasteiger partial charge in [0.05, 0.1) is 6.26 Å². The van der Waals surface area contributed by atoms with Crippen LogP contribution in [-0.4, -0.2) is 30.5 Å². The van der Waals surface area contributed by atoms with E-state index in [1.165, 1.54) is 24.2 Å². The molecule has 6 heteroatoms. The molecule has 2 aromatic rings. The quantitative estimate of drug-likeness (QED) is 0.891. The maximum absolute atomic E-state index is 12.1. The molecule has 1 unspecified atom stereocenters. The molecular weight excluding hydrogens is 286 g/mol. The molecule has 0 aliphatic carbocycles. The van der Waals surface area contributed by atoms with Crippen LogP contribution in [0.25, 0.3) is 10.6 Å². The maximum Gasteiger partial charge on any atom is 0.270 e. The van der Waals surface area contributed by atoms with E-state index in [0.717, 1.165) is 30.1 Å². The Morgan fingerprint density at radius 1 is 1.57 bits per heavy atom. The second-order valence-corrected chi connectivity index (χ2v) is 6.16. The van der Waals surface area contributed by atoms with Crippen molar-refractivity contribution < 1.29 is 9.21 Å². The number of carbonyl (C=O) groups excluding carboxylic acids is 1. The van der Waals surface area contributed by atoms with Crippen molar-refractivity contribution in [2.45, 2.75) is 19.3 Å². The predicted octanol–water partition coefficient (Wildman–Crippen LogP) is 2.52. The summed E-state index contributed by atoms with van der Waals surface area (Å²) in [6.45, 7) is 2.90. The van der Waals surface area contributed by atoms with Crippen LogP contribution in [0.1, 0.15) is 29.8 Å². The Morgan fingerprint density at radius 3 is 3.29 bits per heavy atom. The Morgan fingerprint density at radius 2 is 2.52 bits per heavy atom. The minimum Gasteiger partial charge on any atom is -0.472 e. The smallest absolute Gasteiger partial charge is 0.270 e. The number of carbonyl (C=O) groups is 1. The van der Waals surface area contributed by atoms with Crippen LogP contribution in [0.5, 0.6) is 0 Å². The summed E-state index contributed by atoms with van der Waals surface area (Å²) >= 11 is 1.46. The standard InChI is InChI=1S/C15H19N3O2S/c19-14(17-6-3-11-2-1-5-16-8-11)13-10-21-15(18-13)12-4-7-20-9-12/h4,7,9-11,16H,1-3,5-6,8H2,(H,17,19). The largest absolute Gasteiger partial charge is 0.472 e. The van der Waals surface area contributed by atoms with Gasteiger partial charge in [-0.25, -0.2) is 4.98 Å². The van der Waals surface area contributed by atoms with Gasteiger partial charge in [0.25, 0.3) is 5.91 Å². The highest BCUT2D eigenvalue weighted by molar-refractivity contribution is 7.13. The van der Waals surface area contributed by atoms with Crippen LogP contribution in [0.15, 0.2) is 28.4 Å². The average Bonchev–Trinajstić information content (AvgIpc) is 3.19. The molecule has 1 aliphatic rings. The Bertz CT molecular complexity index is 574. The number of rotatable bonds is 5. The maximum atomic E-state index is 12.1. The van der Waals surface area contributed by atoms with Gasteiger partial charge in [0.2, 0.25) is 0 Å². The van der Waals surface area contributed by atoms with E-state index in [1.54, 1.807) is 17.9 Å². The molecule has 5 nitrogen and oxygen atoms in total. The first-order chi connectivity index (χ1) is 10.3. The highest BCUT2D eigenvalue weighted by atomic mass is 32.1. The van der Waals surface area contributed by atoms with Gasteiger partial charge in [-0.2, -0.15) is 0 Å². The van der Waals surface area contributed by atoms with Crippen LogP contribution in [-0.2, 0) is 0 Å². The average molecular weight is 305 g/mol. The van der Waals surface area contributed by atoms with E-state index in [1.807, 2.05) is 6.07 Å². The number of amides is 1. The van der Waals surface area contributed by atoms with Crippen LogP contribution in [0.4, 0.5) is 0 Å². The van der Waals surface area contributed by atoms with Gasteiger partial charge in [0.1, 0.15) is 17.0 Å². The van der Waals surface area contributed by atoms with Crippen LogP contribution in [0.2, 0.25) is 0 Å². The van der Waals surface area contributed by atoms with Crippen molar-refractivity contribution in [2.75, 3.05) is 19.6 Å². The molecule has 0 aromatic carbocycles. The third-order valence-corrected chi connectivity index (χ3v) is 4.63. The number of nitrogens with one attached hydrogen (secondary N) is 2. The third-order valence-electron chi connectivity index (χ3n) is 3.74. The Hall–Kier alpha value is -1.66. The van der Waals surface area contributed by atoms with Gasteiger partial charge in [-0.05, 0) is 44.3 Å². The van der Waals surface area contributed by atoms with E-state index in [4.69, 9.17) is 4.42 Å². The second kappa shape index (κ2) is 6.87. The molecule has 0 spiro atoms. The van der Waals surface area contributed by atoms with Gasteiger partial charge in [0.15, 0.2) is 0 Å². The molecule has 3 heterocycles. The zero-order valence-electron chi connectivity index (χ0n) is 11.8. The van der Waals surface area contributed by atoms with Crippen molar-refractivity contribution >= 4 is 17.2 Å². The lowest BCUT2D eigenvalue weighted by Crippen LogP contribution is -2.33. The number of hydrogen-bond acceptors (Lipinski definition) is 5. The lowest BCUT2D eigenvalue weighted by molar-refractivity contribution is 0.0946. The molecule has 21 heavy (non-hydrogen) atoms. The first-order valence-electron chi connectivity index (χ1n) is 7.30. The molecule has 2 aromatic heterocycles. The van der Waals surface area contributed by atoms with Gasteiger partial charge in [-0.15, -0.1) is 11.3 Å². The summed E-state index contributed by atoms with van der Waals surface area (Å²) in [5.41, 5.74) is 1.39. The monoisotopic (exact) mass is 305 g/mol. The highest BCUT2D eigenvalue weighted by Gasteiger charge is 2.15. The Kier molecular flexibility index (Phi) is 4.67. The summed E-state index contributed by atoms with van der Waals surface area (Å²) in [5, 5.41) is 8.95. The molecule has 0 radical (unpaired) electrons. The SMILES string of the molecule is O=C(NCCC1CCCNC1)c1csc(-c2ccoc2)n1. The van der Waals surface area contributed by atoms with Crippen molar-refractivity contribution in [1.29, 1.82) is 0 Å². The summed E-state index contributed by atoms with van der Waals surface area (Å²) in [4.78, 5) is 16.4. The van der Waals surface area contributed by atoms with Gasteiger partial charge in [-0.1, -0.05) is 0 Å². The van der Waals surface area contributed by atoms with Crippen molar-refractivity contribution in [3.63, 3.8) is 0 Å². The van der Waals surface area contributed by atoms with E-state index in [2.05, 4.69) is 15.6 Å². The topological polar surface area (TPSA) is 67.2 Å². The fourth-order valence-electron chi connectivity index (χ4n) is 2.55. The molecule has 1 fully saturated rings. The molecule has 2 N–H and O–H groups in total. The number of thiazole rings is 1. The van der Waals surface area contributed by atoms with Crippen LogP contribution >= 0.6 is 11.3 Å². The minimum absolute atomic E-state index is 0.0928. The van der Waals surface area contributed by atoms with Crippen LogP contribution < -0.4 is 10.6 Å². The summed E-state index contributed by atoms with van der Waals surface area (Å²) < 4.78 is 5.03. The lowest BCUT2D eigenvalue weighted by Gasteiger charge is -2.22. The van der Waals surface area contributed by atoms with E-state index in [0.29, 0.717) is 18.2 Å². The van der Waals surface area contributed by atoms with Gasteiger partial charge >= 0.3 is 0 Å². The third kappa shape index (κ3) is 3.71. The molecular formula is C15H19N3O2S. The molecule has 1 amide bonds. The van der Waals surface area contributed by atoms with E-state index in [9.17, 15) is 4.79 Å². The van der Waals surface area contributed by atoms with Crippen molar-refractivity contribution in [2.24, 2.45) is 5.92 Å². The normalized spacial score (nSPS) is 18.6. The van der Waals surface area contributed by atoms with Crippen molar-refractivity contribution in [1.82, 2.24) is 15.6 Å². The fraction of sp³-hybridized carbons (Fsp3) is 0.467. The number of furan rings is 1. The molecule has 0 saturated carbocycles. The summed E-state index contributed by atoms with van der Waals surface area (Å²) in [6, 6.07) is 1.84. The minimum atomic E-state index is -0.0928. The first-order valence-corrected chi connectivity index (χ1v) is 8.18. The summed E-state index contributed by atoms with van der Waals surface area (Å²) in [6.07, 6.45) is 6.76. The summed E-state index contributed by atoms with van der Waals surface area (Å²) in [5.74, 6) is 0.584. The zero-order chi connectivity index (χ0) is 14.5. The molecule has 112 valence electrons.